The van der Waals surface area contributed by atoms with Crippen molar-refractivity contribution in [2.45, 2.75) is 45.3 Å². The maximum absolute atomic E-state index is 12.1. The Morgan fingerprint density at radius 1 is 1.21 bits per heavy atom. The summed E-state index contributed by atoms with van der Waals surface area (Å²) >= 11 is 0. The Labute approximate surface area is 115 Å². The molecular formula is C15H23NO3. The standard InChI is InChI=1S/C15H23NO3/c1-7-10-12(9-3)16(13(17)11-8-2)14(18)19-15(4,5)6/h7-9,12H,1-3,10-11H2,4-6H3/t12-/m1/s1. The van der Waals surface area contributed by atoms with Crippen molar-refractivity contribution < 1.29 is 14.3 Å². The lowest BCUT2D eigenvalue weighted by Gasteiger charge is -2.30. The van der Waals surface area contributed by atoms with Gasteiger partial charge in [0.1, 0.15) is 5.60 Å². The van der Waals surface area contributed by atoms with Gasteiger partial charge in [0.15, 0.2) is 0 Å². The third-order valence-corrected chi connectivity index (χ3v) is 2.19. The highest BCUT2D eigenvalue weighted by atomic mass is 16.6. The summed E-state index contributed by atoms with van der Waals surface area (Å²) < 4.78 is 5.25. The molecule has 106 valence electrons. The van der Waals surface area contributed by atoms with Crippen molar-refractivity contribution in [1.82, 2.24) is 4.90 Å². The second kappa shape index (κ2) is 7.56. The predicted octanol–water partition coefficient (Wildman–Crippen LogP) is 3.46. The Balaban J connectivity index is 5.19. The van der Waals surface area contributed by atoms with Crippen LogP contribution in [0.4, 0.5) is 4.79 Å². The molecule has 0 aromatic heterocycles. The van der Waals surface area contributed by atoms with Crippen molar-refractivity contribution in [1.29, 1.82) is 0 Å². The van der Waals surface area contributed by atoms with Crippen LogP contribution in [0.3, 0.4) is 0 Å². The summed E-state index contributed by atoms with van der Waals surface area (Å²) in [4.78, 5) is 25.2. The summed E-state index contributed by atoms with van der Waals surface area (Å²) in [7, 11) is 0. The zero-order valence-electron chi connectivity index (χ0n) is 12.0. The number of ether oxygens (including phenoxy) is 1. The second-order valence-electron chi connectivity index (χ2n) is 5.06. The Morgan fingerprint density at radius 2 is 1.79 bits per heavy atom. The van der Waals surface area contributed by atoms with Crippen LogP contribution in [0.5, 0.6) is 0 Å². The van der Waals surface area contributed by atoms with Gasteiger partial charge in [-0.1, -0.05) is 18.2 Å². The fourth-order valence-corrected chi connectivity index (χ4v) is 1.43. The number of carbonyl (C=O) groups is 2. The van der Waals surface area contributed by atoms with Crippen molar-refractivity contribution in [3.05, 3.63) is 38.0 Å². The van der Waals surface area contributed by atoms with Gasteiger partial charge in [-0.15, -0.1) is 19.7 Å². The molecule has 1 atom stereocenters. The maximum atomic E-state index is 12.1. The van der Waals surface area contributed by atoms with E-state index in [4.69, 9.17) is 4.74 Å². The van der Waals surface area contributed by atoms with E-state index in [2.05, 4.69) is 19.7 Å². The SMILES string of the molecule is C=CCC(=O)N(C(=O)OC(C)(C)C)[C@H](C=C)CC=C. The zero-order chi connectivity index (χ0) is 15.1. The van der Waals surface area contributed by atoms with Gasteiger partial charge >= 0.3 is 6.09 Å². The third-order valence-electron chi connectivity index (χ3n) is 2.19. The van der Waals surface area contributed by atoms with E-state index in [0.29, 0.717) is 6.42 Å². The van der Waals surface area contributed by atoms with Crippen LogP contribution >= 0.6 is 0 Å². The molecule has 0 bridgehead atoms. The van der Waals surface area contributed by atoms with Gasteiger partial charge in [0, 0.05) is 6.42 Å². The number of hydrogen-bond acceptors (Lipinski definition) is 3. The van der Waals surface area contributed by atoms with Crippen molar-refractivity contribution in [2.75, 3.05) is 0 Å². The highest BCUT2D eigenvalue weighted by Crippen LogP contribution is 2.16. The summed E-state index contributed by atoms with van der Waals surface area (Å²) in [6, 6.07) is -0.459. The van der Waals surface area contributed by atoms with Gasteiger partial charge in [-0.25, -0.2) is 9.69 Å². The molecule has 0 aliphatic heterocycles. The number of nitrogens with zero attached hydrogens (tertiary/aromatic N) is 1. The largest absolute Gasteiger partial charge is 0.443 e. The average Bonchev–Trinajstić information content (AvgIpc) is 2.26. The molecule has 0 heterocycles. The summed E-state index contributed by atoms with van der Waals surface area (Å²) in [6.07, 6.45) is 4.45. The van der Waals surface area contributed by atoms with Gasteiger partial charge in [0.05, 0.1) is 6.04 Å². The highest BCUT2D eigenvalue weighted by Gasteiger charge is 2.30. The molecule has 19 heavy (non-hydrogen) atoms. The zero-order valence-corrected chi connectivity index (χ0v) is 12.0. The van der Waals surface area contributed by atoms with Gasteiger partial charge in [0.2, 0.25) is 5.91 Å². The van der Waals surface area contributed by atoms with Crippen molar-refractivity contribution in [3.63, 3.8) is 0 Å². The monoisotopic (exact) mass is 265 g/mol. The number of rotatable bonds is 6. The lowest BCUT2D eigenvalue weighted by molar-refractivity contribution is -0.130. The molecule has 0 saturated carbocycles. The molecular weight excluding hydrogens is 242 g/mol. The molecule has 0 aliphatic carbocycles. The number of imide groups is 1. The summed E-state index contributed by atoms with van der Waals surface area (Å²) in [5.41, 5.74) is -0.663. The van der Waals surface area contributed by atoms with E-state index in [1.165, 1.54) is 12.2 Å². The van der Waals surface area contributed by atoms with Crippen LogP contribution in [0.15, 0.2) is 38.0 Å². The van der Waals surface area contributed by atoms with Crippen LogP contribution in [0.2, 0.25) is 0 Å². The van der Waals surface area contributed by atoms with E-state index in [0.717, 1.165) is 4.90 Å². The van der Waals surface area contributed by atoms with E-state index in [1.54, 1.807) is 26.8 Å². The second-order valence-corrected chi connectivity index (χ2v) is 5.06. The molecule has 0 spiro atoms. The van der Waals surface area contributed by atoms with E-state index in [1.807, 2.05) is 0 Å². The molecule has 0 saturated heterocycles. The van der Waals surface area contributed by atoms with Gasteiger partial charge in [-0.3, -0.25) is 4.79 Å². The molecule has 4 heteroatoms. The molecule has 0 N–H and O–H groups in total. The number of amides is 2. The van der Waals surface area contributed by atoms with E-state index in [-0.39, 0.29) is 12.3 Å². The number of carbonyl (C=O) groups excluding carboxylic acids is 2. The molecule has 2 amide bonds. The molecule has 0 fully saturated rings. The van der Waals surface area contributed by atoms with Gasteiger partial charge < -0.3 is 4.74 Å². The Bertz CT molecular complexity index is 366. The van der Waals surface area contributed by atoms with Crippen LogP contribution in [-0.4, -0.2) is 28.5 Å². The maximum Gasteiger partial charge on any atom is 0.417 e. The molecule has 0 aliphatic rings. The first-order chi connectivity index (χ1) is 8.76. The van der Waals surface area contributed by atoms with Crippen molar-refractivity contribution in [3.8, 4) is 0 Å². The van der Waals surface area contributed by atoms with Crippen molar-refractivity contribution >= 4 is 12.0 Å². The van der Waals surface area contributed by atoms with Crippen LogP contribution in [0.25, 0.3) is 0 Å². The molecule has 0 radical (unpaired) electrons. The first kappa shape index (κ1) is 17.2. The highest BCUT2D eigenvalue weighted by molar-refractivity contribution is 5.93. The van der Waals surface area contributed by atoms with Crippen molar-refractivity contribution in [2.24, 2.45) is 0 Å². The first-order valence-electron chi connectivity index (χ1n) is 6.16. The fourth-order valence-electron chi connectivity index (χ4n) is 1.43. The molecule has 4 nitrogen and oxygen atoms in total. The summed E-state index contributed by atoms with van der Waals surface area (Å²) in [6.45, 7) is 16.0. The Morgan fingerprint density at radius 3 is 2.16 bits per heavy atom. The minimum atomic E-state index is -0.675. The summed E-state index contributed by atoms with van der Waals surface area (Å²) in [5.74, 6) is -0.365. The molecule has 0 unspecified atom stereocenters. The van der Waals surface area contributed by atoms with Gasteiger partial charge in [-0.2, -0.15) is 0 Å². The molecule has 0 rings (SSSR count). The normalized spacial score (nSPS) is 12.2. The quantitative estimate of drug-likeness (QED) is 0.691. The van der Waals surface area contributed by atoms with Crippen LogP contribution in [-0.2, 0) is 9.53 Å². The van der Waals surface area contributed by atoms with Crippen LogP contribution in [0.1, 0.15) is 33.6 Å². The lowest BCUT2D eigenvalue weighted by atomic mass is 10.1. The van der Waals surface area contributed by atoms with E-state index < -0.39 is 17.7 Å². The minimum Gasteiger partial charge on any atom is -0.443 e. The summed E-state index contributed by atoms with van der Waals surface area (Å²) in [5, 5.41) is 0. The average molecular weight is 265 g/mol. The van der Waals surface area contributed by atoms with Gasteiger partial charge in [0.25, 0.3) is 0 Å². The lowest BCUT2D eigenvalue weighted by Crippen LogP contribution is -2.46. The van der Waals surface area contributed by atoms with E-state index in [9.17, 15) is 9.59 Å². The Kier molecular flexibility index (Phi) is 6.83. The number of hydrogen-bond donors (Lipinski definition) is 0. The molecule has 0 aromatic carbocycles. The topological polar surface area (TPSA) is 46.6 Å². The third kappa shape index (κ3) is 6.04. The fraction of sp³-hybridized carbons (Fsp3) is 0.467. The van der Waals surface area contributed by atoms with Crippen LogP contribution < -0.4 is 0 Å². The predicted molar refractivity (Wildman–Crippen MR) is 76.7 cm³/mol. The minimum absolute atomic E-state index is 0.0702. The first-order valence-corrected chi connectivity index (χ1v) is 6.16. The van der Waals surface area contributed by atoms with Crippen LogP contribution in [0, 0.1) is 0 Å². The van der Waals surface area contributed by atoms with E-state index >= 15 is 0 Å². The van der Waals surface area contributed by atoms with Gasteiger partial charge in [-0.05, 0) is 27.2 Å². The molecule has 0 aromatic rings. The Hall–Kier alpha value is -1.84. The smallest absolute Gasteiger partial charge is 0.417 e.